The van der Waals surface area contributed by atoms with Gasteiger partial charge >= 0.3 is 0 Å². The van der Waals surface area contributed by atoms with Gasteiger partial charge in [0.15, 0.2) is 0 Å². The van der Waals surface area contributed by atoms with E-state index >= 15 is 0 Å². The van der Waals surface area contributed by atoms with E-state index in [1.165, 1.54) is 18.2 Å². The summed E-state index contributed by atoms with van der Waals surface area (Å²) in [6.07, 6.45) is -0.363. The molecule has 0 aromatic heterocycles. The molecule has 0 saturated heterocycles. The molecule has 3 rings (SSSR count). The maximum atomic E-state index is 12.6. The maximum Gasteiger partial charge on any atom is 0.266 e. The first kappa shape index (κ1) is 22.2. The first-order valence-corrected chi connectivity index (χ1v) is 11.1. The third-order valence-electron chi connectivity index (χ3n) is 4.73. The van der Waals surface area contributed by atoms with E-state index in [4.69, 9.17) is 0 Å². The van der Waals surface area contributed by atoms with E-state index in [2.05, 4.69) is 21.0 Å². The van der Waals surface area contributed by atoms with Gasteiger partial charge in [-0.25, -0.2) is 8.42 Å². The fourth-order valence-electron chi connectivity index (χ4n) is 3.09. The Hall–Kier alpha value is -3.44. The number of carbonyl (C=O) groups excluding carboxylic acids is 3. The molecule has 2 aromatic rings. The van der Waals surface area contributed by atoms with Crippen LogP contribution in [-0.4, -0.2) is 39.2 Å². The van der Waals surface area contributed by atoms with Gasteiger partial charge in [-0.2, -0.15) is 0 Å². The van der Waals surface area contributed by atoms with Crippen LogP contribution in [0, 0.1) is 0 Å². The predicted molar refractivity (Wildman–Crippen MR) is 116 cm³/mol. The quantitative estimate of drug-likeness (QED) is 0.376. The van der Waals surface area contributed by atoms with E-state index in [-0.39, 0.29) is 28.3 Å². The van der Waals surface area contributed by atoms with Crippen LogP contribution in [0.1, 0.15) is 30.6 Å². The minimum atomic E-state index is -4.12. The number of sulfonamides is 1. The van der Waals surface area contributed by atoms with Gasteiger partial charge in [0.05, 0.1) is 16.3 Å². The van der Waals surface area contributed by atoms with Crippen molar-refractivity contribution in [2.75, 3.05) is 28.6 Å². The summed E-state index contributed by atoms with van der Waals surface area (Å²) in [5, 5.41) is 4.99. The van der Waals surface area contributed by atoms with Crippen LogP contribution in [0.4, 0.5) is 17.1 Å². The van der Waals surface area contributed by atoms with E-state index < -0.39 is 27.7 Å². The molecule has 0 unspecified atom stereocenters. The number of hydrogen-bond donors (Lipinski definition) is 4. The van der Waals surface area contributed by atoms with Crippen molar-refractivity contribution in [3.05, 3.63) is 48.0 Å². The summed E-state index contributed by atoms with van der Waals surface area (Å²) in [6, 6.07) is 10.6. The number of hydrogen-bond acceptors (Lipinski definition) is 6. The van der Waals surface area contributed by atoms with Gasteiger partial charge in [-0.3, -0.25) is 19.8 Å². The number of benzene rings is 2. The summed E-state index contributed by atoms with van der Waals surface area (Å²) in [4.78, 5) is 39.6. The second kappa shape index (κ2) is 9.14. The fraction of sp³-hybridized carbons (Fsp3) is 0.250. The van der Waals surface area contributed by atoms with Crippen molar-refractivity contribution in [2.24, 2.45) is 0 Å². The highest BCUT2D eigenvalue weighted by Gasteiger charge is 2.22. The largest absolute Gasteiger partial charge is 0.372 e. The number of anilines is 3. The van der Waals surface area contributed by atoms with Crippen molar-refractivity contribution in [2.45, 2.75) is 25.2 Å². The summed E-state index contributed by atoms with van der Waals surface area (Å²) in [5.41, 5.74) is 3.86. The van der Waals surface area contributed by atoms with Crippen LogP contribution in [0.3, 0.4) is 0 Å². The molecule has 11 heteroatoms. The zero-order valence-electron chi connectivity index (χ0n) is 17.1. The standard InChI is InChI=1S/C20H23N5O5S/c1-3-25(4-2)14-7-5-13(6-8-14)20(28)23-24-31(29,30)15-9-10-16-17(11-15)22-19(27)12-18(26)21-16/h5-11,24H,3-4,12H2,1-2H3,(H,21,26)(H,22,27)(H,23,28). The van der Waals surface area contributed by atoms with Gasteiger partial charge in [0.1, 0.15) is 6.42 Å². The Morgan fingerprint density at radius 2 is 1.58 bits per heavy atom. The van der Waals surface area contributed by atoms with E-state index in [1.54, 1.807) is 24.3 Å². The zero-order chi connectivity index (χ0) is 22.6. The summed E-state index contributed by atoms with van der Waals surface area (Å²) >= 11 is 0. The Morgan fingerprint density at radius 1 is 0.968 bits per heavy atom. The molecule has 164 valence electrons. The molecule has 0 saturated carbocycles. The lowest BCUT2D eigenvalue weighted by atomic mass is 10.2. The second-order valence-corrected chi connectivity index (χ2v) is 8.44. The summed E-state index contributed by atoms with van der Waals surface area (Å²) in [5.74, 6) is -1.67. The van der Waals surface area contributed by atoms with Crippen LogP contribution in [0.15, 0.2) is 47.4 Å². The lowest BCUT2D eigenvalue weighted by molar-refractivity contribution is -0.123. The molecule has 10 nitrogen and oxygen atoms in total. The van der Waals surface area contributed by atoms with Crippen molar-refractivity contribution in [3.63, 3.8) is 0 Å². The smallest absolute Gasteiger partial charge is 0.266 e. The topological polar surface area (TPSA) is 137 Å². The van der Waals surface area contributed by atoms with Gasteiger partial charge in [0.25, 0.3) is 15.9 Å². The lowest BCUT2D eigenvalue weighted by Crippen LogP contribution is -2.41. The highest BCUT2D eigenvalue weighted by Crippen LogP contribution is 2.27. The molecule has 1 aliphatic rings. The molecule has 0 bridgehead atoms. The molecule has 0 atom stereocenters. The van der Waals surface area contributed by atoms with Crippen molar-refractivity contribution in [3.8, 4) is 0 Å². The maximum absolute atomic E-state index is 12.6. The Labute approximate surface area is 180 Å². The van der Waals surface area contributed by atoms with Crippen LogP contribution in [-0.2, 0) is 19.6 Å². The number of hydrazine groups is 1. The fourth-order valence-corrected chi connectivity index (χ4v) is 3.96. The van der Waals surface area contributed by atoms with Crippen molar-refractivity contribution in [1.29, 1.82) is 0 Å². The van der Waals surface area contributed by atoms with Crippen LogP contribution < -0.4 is 25.8 Å². The third-order valence-corrected chi connectivity index (χ3v) is 5.97. The number of carbonyl (C=O) groups is 3. The molecular weight excluding hydrogens is 422 g/mol. The van der Waals surface area contributed by atoms with Gasteiger partial charge < -0.3 is 15.5 Å². The molecule has 0 aliphatic carbocycles. The summed E-state index contributed by atoms with van der Waals surface area (Å²) in [7, 11) is -4.12. The number of nitrogens with one attached hydrogen (secondary N) is 4. The average molecular weight is 446 g/mol. The van der Waals surface area contributed by atoms with E-state index in [1.807, 2.05) is 18.7 Å². The molecule has 0 radical (unpaired) electrons. The van der Waals surface area contributed by atoms with Gasteiger partial charge in [-0.1, -0.05) is 0 Å². The summed E-state index contributed by atoms with van der Waals surface area (Å²) < 4.78 is 25.1. The second-order valence-electron chi connectivity index (χ2n) is 6.76. The molecule has 1 heterocycles. The minimum Gasteiger partial charge on any atom is -0.372 e. The normalized spacial score (nSPS) is 13.5. The van der Waals surface area contributed by atoms with E-state index in [0.717, 1.165) is 18.8 Å². The number of amides is 3. The molecule has 31 heavy (non-hydrogen) atoms. The van der Waals surface area contributed by atoms with Gasteiger partial charge in [0, 0.05) is 24.3 Å². The monoisotopic (exact) mass is 445 g/mol. The lowest BCUT2D eigenvalue weighted by Gasteiger charge is -2.21. The van der Waals surface area contributed by atoms with Crippen molar-refractivity contribution < 1.29 is 22.8 Å². The van der Waals surface area contributed by atoms with Crippen LogP contribution in [0.25, 0.3) is 0 Å². The number of fused-ring (bicyclic) bond motifs is 1. The number of nitrogens with zero attached hydrogens (tertiary/aromatic N) is 1. The Morgan fingerprint density at radius 3 is 2.19 bits per heavy atom. The van der Waals surface area contributed by atoms with Gasteiger partial charge in [-0.15, -0.1) is 4.83 Å². The highest BCUT2D eigenvalue weighted by atomic mass is 32.2. The zero-order valence-corrected chi connectivity index (χ0v) is 17.9. The third kappa shape index (κ3) is 5.19. The minimum absolute atomic E-state index is 0.150. The Bertz CT molecular complexity index is 1110. The molecular formula is C20H23N5O5S. The first-order valence-electron chi connectivity index (χ1n) is 9.64. The Balaban J connectivity index is 1.71. The molecule has 0 fully saturated rings. The SMILES string of the molecule is CCN(CC)c1ccc(C(=O)NNS(=O)(=O)c2ccc3c(c2)NC(=O)CC(=O)N3)cc1. The number of rotatable bonds is 7. The predicted octanol–water partition coefficient (Wildman–Crippen LogP) is 1.44. The molecule has 4 N–H and O–H groups in total. The van der Waals surface area contributed by atoms with Crippen LogP contribution in [0.5, 0.6) is 0 Å². The molecule has 3 amide bonds. The van der Waals surface area contributed by atoms with Crippen LogP contribution in [0.2, 0.25) is 0 Å². The van der Waals surface area contributed by atoms with Crippen LogP contribution >= 0.6 is 0 Å². The molecule has 2 aromatic carbocycles. The Kier molecular flexibility index (Phi) is 6.56. The summed E-state index contributed by atoms with van der Waals surface area (Å²) in [6.45, 7) is 5.71. The average Bonchev–Trinajstić information content (AvgIpc) is 2.89. The van der Waals surface area contributed by atoms with Gasteiger partial charge in [0.2, 0.25) is 11.8 Å². The van der Waals surface area contributed by atoms with E-state index in [9.17, 15) is 22.8 Å². The highest BCUT2D eigenvalue weighted by molar-refractivity contribution is 7.89. The molecule has 0 spiro atoms. The van der Waals surface area contributed by atoms with Crippen molar-refractivity contribution in [1.82, 2.24) is 10.3 Å². The van der Waals surface area contributed by atoms with Crippen molar-refractivity contribution >= 4 is 44.8 Å². The van der Waals surface area contributed by atoms with E-state index in [0.29, 0.717) is 0 Å². The first-order chi connectivity index (χ1) is 14.7. The molecule has 1 aliphatic heterocycles. The van der Waals surface area contributed by atoms with Gasteiger partial charge in [-0.05, 0) is 56.3 Å².